The lowest BCUT2D eigenvalue weighted by Gasteiger charge is -2.26. The standard InChI is InChI=1S/C16H25ClN2O/c17-13-6-4-5-12(9-13)10-15(18)16(20)11-19-14-7-2-1-3-8-14/h4-6,9,14-16,19-20H,1-3,7-8,10-11,18H2/t15-,16+/m0/s1. The molecule has 0 amide bonds. The van der Waals surface area contributed by atoms with Crippen LogP contribution < -0.4 is 11.1 Å². The topological polar surface area (TPSA) is 58.3 Å². The van der Waals surface area contributed by atoms with E-state index in [1.165, 1.54) is 32.1 Å². The zero-order valence-electron chi connectivity index (χ0n) is 11.9. The molecule has 1 aliphatic carbocycles. The van der Waals surface area contributed by atoms with Crippen molar-refractivity contribution in [3.05, 3.63) is 34.9 Å². The van der Waals surface area contributed by atoms with Gasteiger partial charge in [0.2, 0.25) is 0 Å². The molecule has 1 fully saturated rings. The summed E-state index contributed by atoms with van der Waals surface area (Å²) in [4.78, 5) is 0. The molecule has 4 heteroatoms. The highest BCUT2D eigenvalue weighted by Crippen LogP contribution is 2.17. The smallest absolute Gasteiger partial charge is 0.0818 e. The van der Waals surface area contributed by atoms with Crippen LogP contribution in [0.2, 0.25) is 5.02 Å². The molecule has 1 aromatic carbocycles. The number of nitrogens with one attached hydrogen (secondary N) is 1. The molecule has 0 saturated heterocycles. The first-order valence-corrected chi connectivity index (χ1v) is 7.94. The summed E-state index contributed by atoms with van der Waals surface area (Å²) in [6.45, 7) is 0.576. The van der Waals surface area contributed by atoms with Crippen LogP contribution in [0.25, 0.3) is 0 Å². The van der Waals surface area contributed by atoms with Crippen LogP contribution in [0.5, 0.6) is 0 Å². The van der Waals surface area contributed by atoms with Crippen molar-refractivity contribution in [2.45, 2.75) is 56.7 Å². The van der Waals surface area contributed by atoms with Gasteiger partial charge in [0.1, 0.15) is 0 Å². The maximum Gasteiger partial charge on any atom is 0.0818 e. The van der Waals surface area contributed by atoms with Crippen molar-refractivity contribution in [3.63, 3.8) is 0 Å². The Morgan fingerprint density at radius 1 is 1.30 bits per heavy atom. The van der Waals surface area contributed by atoms with Gasteiger partial charge in [-0.2, -0.15) is 0 Å². The van der Waals surface area contributed by atoms with Gasteiger partial charge in [0, 0.05) is 23.7 Å². The van der Waals surface area contributed by atoms with E-state index in [4.69, 9.17) is 17.3 Å². The number of rotatable bonds is 6. The second kappa shape index (κ2) is 7.99. The number of nitrogens with two attached hydrogens (primary N) is 1. The molecule has 4 N–H and O–H groups in total. The van der Waals surface area contributed by atoms with Gasteiger partial charge in [-0.05, 0) is 37.0 Å². The van der Waals surface area contributed by atoms with E-state index in [0.717, 1.165) is 5.56 Å². The first-order chi connectivity index (χ1) is 9.65. The summed E-state index contributed by atoms with van der Waals surface area (Å²) in [6, 6.07) is 7.95. The molecule has 0 radical (unpaired) electrons. The summed E-state index contributed by atoms with van der Waals surface area (Å²) in [5.41, 5.74) is 7.15. The number of hydrogen-bond acceptors (Lipinski definition) is 3. The number of hydrogen-bond donors (Lipinski definition) is 3. The predicted molar refractivity (Wildman–Crippen MR) is 84.0 cm³/mol. The molecule has 2 atom stereocenters. The molecule has 0 unspecified atom stereocenters. The fraction of sp³-hybridized carbons (Fsp3) is 0.625. The predicted octanol–water partition coefficient (Wildman–Crippen LogP) is 2.49. The van der Waals surface area contributed by atoms with Crippen LogP contribution in [0, 0.1) is 0 Å². The Morgan fingerprint density at radius 3 is 2.75 bits per heavy atom. The van der Waals surface area contributed by atoms with Gasteiger partial charge in [-0.15, -0.1) is 0 Å². The van der Waals surface area contributed by atoms with Crippen LogP contribution in [0.15, 0.2) is 24.3 Å². The lowest BCUT2D eigenvalue weighted by molar-refractivity contribution is 0.135. The summed E-state index contributed by atoms with van der Waals surface area (Å²) in [7, 11) is 0. The Labute approximate surface area is 126 Å². The van der Waals surface area contributed by atoms with Gasteiger partial charge in [0.05, 0.1) is 6.10 Å². The number of halogens is 1. The fourth-order valence-corrected chi connectivity index (χ4v) is 3.03. The molecule has 2 rings (SSSR count). The summed E-state index contributed by atoms with van der Waals surface area (Å²) >= 11 is 5.95. The Bertz CT molecular complexity index is 407. The van der Waals surface area contributed by atoms with E-state index < -0.39 is 6.10 Å². The quantitative estimate of drug-likeness (QED) is 0.756. The van der Waals surface area contributed by atoms with Crippen LogP contribution in [0.4, 0.5) is 0 Å². The zero-order chi connectivity index (χ0) is 14.4. The minimum absolute atomic E-state index is 0.260. The summed E-state index contributed by atoms with van der Waals surface area (Å²) < 4.78 is 0. The monoisotopic (exact) mass is 296 g/mol. The van der Waals surface area contributed by atoms with E-state index in [9.17, 15) is 5.11 Å². The van der Waals surface area contributed by atoms with Gasteiger partial charge in [0.25, 0.3) is 0 Å². The molecule has 1 saturated carbocycles. The molecule has 1 aliphatic rings. The Morgan fingerprint density at radius 2 is 2.05 bits per heavy atom. The van der Waals surface area contributed by atoms with Gasteiger partial charge in [0.15, 0.2) is 0 Å². The number of benzene rings is 1. The highest BCUT2D eigenvalue weighted by molar-refractivity contribution is 6.30. The van der Waals surface area contributed by atoms with E-state index in [0.29, 0.717) is 24.0 Å². The van der Waals surface area contributed by atoms with Crippen LogP contribution in [-0.4, -0.2) is 29.8 Å². The van der Waals surface area contributed by atoms with Crippen molar-refractivity contribution >= 4 is 11.6 Å². The maximum absolute atomic E-state index is 10.2. The van der Waals surface area contributed by atoms with E-state index in [2.05, 4.69) is 5.32 Å². The molecule has 3 nitrogen and oxygen atoms in total. The van der Waals surface area contributed by atoms with Gasteiger partial charge >= 0.3 is 0 Å². The number of aliphatic hydroxyl groups excluding tert-OH is 1. The average Bonchev–Trinajstić information content (AvgIpc) is 2.46. The molecule has 0 aliphatic heterocycles. The molecule has 20 heavy (non-hydrogen) atoms. The summed E-state index contributed by atoms with van der Waals surface area (Å²) in [5, 5.41) is 14.3. The minimum atomic E-state index is -0.518. The lowest BCUT2D eigenvalue weighted by atomic mass is 9.95. The van der Waals surface area contributed by atoms with Crippen molar-refractivity contribution in [1.82, 2.24) is 5.32 Å². The van der Waals surface area contributed by atoms with Crippen LogP contribution in [0.3, 0.4) is 0 Å². The van der Waals surface area contributed by atoms with E-state index in [1.807, 2.05) is 24.3 Å². The Hall–Kier alpha value is -0.610. The highest BCUT2D eigenvalue weighted by atomic mass is 35.5. The van der Waals surface area contributed by atoms with Gasteiger partial charge in [-0.1, -0.05) is 43.0 Å². The maximum atomic E-state index is 10.2. The molecular formula is C16H25ClN2O. The Balaban J connectivity index is 1.75. The lowest BCUT2D eigenvalue weighted by Crippen LogP contribution is -2.46. The molecule has 0 spiro atoms. The van der Waals surface area contributed by atoms with Crippen LogP contribution >= 0.6 is 11.6 Å². The molecule has 0 bridgehead atoms. The normalized spacial score (nSPS) is 19.8. The van der Waals surface area contributed by atoms with Crippen LogP contribution in [-0.2, 0) is 6.42 Å². The highest BCUT2D eigenvalue weighted by Gasteiger charge is 2.18. The molecular weight excluding hydrogens is 272 g/mol. The van der Waals surface area contributed by atoms with Crippen molar-refractivity contribution in [2.75, 3.05) is 6.54 Å². The van der Waals surface area contributed by atoms with E-state index in [-0.39, 0.29) is 6.04 Å². The third-order valence-corrected chi connectivity index (χ3v) is 4.31. The van der Waals surface area contributed by atoms with E-state index in [1.54, 1.807) is 0 Å². The molecule has 0 heterocycles. The van der Waals surface area contributed by atoms with Crippen molar-refractivity contribution in [1.29, 1.82) is 0 Å². The van der Waals surface area contributed by atoms with Gasteiger partial charge < -0.3 is 16.2 Å². The zero-order valence-corrected chi connectivity index (χ0v) is 12.6. The second-order valence-corrected chi connectivity index (χ2v) is 6.24. The molecule has 0 aromatic heterocycles. The minimum Gasteiger partial charge on any atom is -0.390 e. The molecule has 1 aromatic rings. The van der Waals surface area contributed by atoms with Gasteiger partial charge in [-0.25, -0.2) is 0 Å². The Kier molecular flexibility index (Phi) is 6.30. The second-order valence-electron chi connectivity index (χ2n) is 5.81. The van der Waals surface area contributed by atoms with Crippen molar-refractivity contribution < 1.29 is 5.11 Å². The van der Waals surface area contributed by atoms with E-state index >= 15 is 0 Å². The first-order valence-electron chi connectivity index (χ1n) is 7.56. The van der Waals surface area contributed by atoms with Gasteiger partial charge in [-0.3, -0.25) is 0 Å². The SMILES string of the molecule is N[C@@H](Cc1cccc(Cl)c1)[C@H](O)CNC1CCCCC1. The first kappa shape index (κ1) is 15.8. The molecule has 112 valence electrons. The van der Waals surface area contributed by atoms with Crippen molar-refractivity contribution in [3.8, 4) is 0 Å². The third-order valence-electron chi connectivity index (χ3n) is 4.08. The summed E-state index contributed by atoms with van der Waals surface area (Å²) in [5.74, 6) is 0. The van der Waals surface area contributed by atoms with Crippen molar-refractivity contribution in [2.24, 2.45) is 5.73 Å². The summed E-state index contributed by atoms with van der Waals surface area (Å²) in [6.07, 6.45) is 6.50. The van der Waals surface area contributed by atoms with Crippen LogP contribution in [0.1, 0.15) is 37.7 Å². The fourth-order valence-electron chi connectivity index (χ4n) is 2.82. The number of aliphatic hydroxyl groups is 1. The largest absolute Gasteiger partial charge is 0.390 e. The average molecular weight is 297 g/mol. The third kappa shape index (κ3) is 5.06.